The number of benzene rings is 1. The predicted octanol–water partition coefficient (Wildman–Crippen LogP) is 4.91. The third-order valence-corrected chi connectivity index (χ3v) is 6.36. The maximum atomic E-state index is 13.1. The molecule has 0 spiro atoms. The van der Waals surface area contributed by atoms with Gasteiger partial charge in [-0.15, -0.1) is 0 Å². The third kappa shape index (κ3) is 4.78. The second kappa shape index (κ2) is 9.29. The van der Waals surface area contributed by atoms with Crippen LogP contribution in [0.2, 0.25) is 0 Å². The van der Waals surface area contributed by atoms with Gasteiger partial charge in [0.1, 0.15) is 11.8 Å². The molecular formula is C24H26F3N3O2. The number of hydrogen-bond donors (Lipinski definition) is 1. The number of carbonyl (C=O) groups is 1. The van der Waals surface area contributed by atoms with E-state index in [2.05, 4.69) is 4.98 Å². The zero-order valence-electron chi connectivity index (χ0n) is 18.1. The summed E-state index contributed by atoms with van der Waals surface area (Å²) in [6.45, 7) is 3.08. The number of amides is 1. The van der Waals surface area contributed by atoms with Crippen LogP contribution >= 0.6 is 0 Å². The fourth-order valence-electron chi connectivity index (χ4n) is 4.27. The number of pyridine rings is 1. The SMILES string of the molecule is CCN(C(=O)c1ccc([C@](C)(O)C(F)(F)F)cc1)[C@H]1CC[C@H](c2ccc(C#N)nc2)CC1. The van der Waals surface area contributed by atoms with E-state index < -0.39 is 11.8 Å². The maximum absolute atomic E-state index is 13.1. The van der Waals surface area contributed by atoms with Crippen molar-refractivity contribution in [3.05, 3.63) is 65.0 Å². The summed E-state index contributed by atoms with van der Waals surface area (Å²) in [4.78, 5) is 19.0. The largest absolute Gasteiger partial charge is 0.421 e. The second-order valence-electron chi connectivity index (χ2n) is 8.33. The Morgan fingerprint density at radius 2 is 1.78 bits per heavy atom. The Bertz CT molecular complexity index is 972. The van der Waals surface area contributed by atoms with E-state index in [0.717, 1.165) is 43.4 Å². The Balaban J connectivity index is 1.67. The average Bonchev–Trinajstić information content (AvgIpc) is 2.79. The molecule has 170 valence electrons. The molecule has 1 aliphatic carbocycles. The van der Waals surface area contributed by atoms with Crippen molar-refractivity contribution in [2.45, 2.75) is 63.3 Å². The maximum Gasteiger partial charge on any atom is 0.421 e. The first kappa shape index (κ1) is 23.7. The molecular weight excluding hydrogens is 419 g/mol. The molecule has 1 aliphatic rings. The fourth-order valence-corrected chi connectivity index (χ4v) is 4.27. The van der Waals surface area contributed by atoms with Gasteiger partial charge in [-0.2, -0.15) is 18.4 Å². The van der Waals surface area contributed by atoms with Crippen LogP contribution in [0.4, 0.5) is 13.2 Å². The van der Waals surface area contributed by atoms with Gasteiger partial charge in [0.25, 0.3) is 5.91 Å². The highest BCUT2D eigenvalue weighted by atomic mass is 19.4. The van der Waals surface area contributed by atoms with Crippen LogP contribution in [0.1, 0.15) is 72.6 Å². The molecule has 1 aromatic heterocycles. The molecule has 1 aromatic carbocycles. The van der Waals surface area contributed by atoms with E-state index >= 15 is 0 Å². The molecule has 0 bridgehead atoms. The lowest BCUT2D eigenvalue weighted by Crippen LogP contribution is -2.42. The molecule has 0 saturated heterocycles. The minimum absolute atomic E-state index is 0.0491. The fraction of sp³-hybridized carbons (Fsp3) is 0.458. The number of aliphatic hydroxyl groups is 1. The van der Waals surface area contributed by atoms with E-state index in [4.69, 9.17) is 5.26 Å². The van der Waals surface area contributed by atoms with Gasteiger partial charge in [-0.1, -0.05) is 18.2 Å². The Morgan fingerprint density at radius 3 is 2.25 bits per heavy atom. The first-order valence-corrected chi connectivity index (χ1v) is 10.6. The molecule has 1 amide bonds. The lowest BCUT2D eigenvalue weighted by atomic mass is 9.81. The van der Waals surface area contributed by atoms with Crippen LogP contribution in [0.3, 0.4) is 0 Å². The van der Waals surface area contributed by atoms with Crippen molar-refractivity contribution in [2.24, 2.45) is 0 Å². The van der Waals surface area contributed by atoms with Gasteiger partial charge < -0.3 is 10.0 Å². The Labute approximate surface area is 185 Å². The lowest BCUT2D eigenvalue weighted by molar-refractivity contribution is -0.258. The molecule has 0 aliphatic heterocycles. The van der Waals surface area contributed by atoms with Crippen LogP contribution in [-0.4, -0.2) is 39.7 Å². The molecule has 3 rings (SSSR count). The highest BCUT2D eigenvalue weighted by Crippen LogP contribution is 2.39. The van der Waals surface area contributed by atoms with Crippen molar-refractivity contribution in [3.8, 4) is 6.07 Å². The minimum atomic E-state index is -4.81. The molecule has 0 radical (unpaired) electrons. The minimum Gasteiger partial charge on any atom is -0.376 e. The van der Waals surface area contributed by atoms with Gasteiger partial charge >= 0.3 is 6.18 Å². The molecule has 1 atom stereocenters. The van der Waals surface area contributed by atoms with Gasteiger partial charge in [0.15, 0.2) is 5.60 Å². The smallest absolute Gasteiger partial charge is 0.376 e. The number of aromatic nitrogens is 1. The molecule has 5 nitrogen and oxygen atoms in total. The van der Waals surface area contributed by atoms with Gasteiger partial charge in [-0.25, -0.2) is 4.98 Å². The van der Waals surface area contributed by atoms with Crippen LogP contribution in [0.5, 0.6) is 0 Å². The first-order valence-electron chi connectivity index (χ1n) is 10.6. The zero-order valence-corrected chi connectivity index (χ0v) is 18.1. The molecule has 1 fully saturated rings. The lowest BCUT2D eigenvalue weighted by Gasteiger charge is -2.36. The number of alkyl halides is 3. The number of nitrogens with zero attached hydrogens (tertiary/aromatic N) is 3. The average molecular weight is 445 g/mol. The number of carbonyl (C=O) groups excluding carboxylic acids is 1. The summed E-state index contributed by atoms with van der Waals surface area (Å²) in [5.74, 6) is 0.0957. The normalized spacial score (nSPS) is 20.8. The molecule has 1 saturated carbocycles. The number of rotatable bonds is 5. The summed E-state index contributed by atoms with van der Waals surface area (Å²) in [5.41, 5.74) is -1.51. The van der Waals surface area contributed by atoms with Crippen LogP contribution in [0, 0.1) is 11.3 Å². The zero-order chi connectivity index (χ0) is 23.5. The summed E-state index contributed by atoms with van der Waals surface area (Å²) < 4.78 is 39.2. The van der Waals surface area contributed by atoms with Gasteiger partial charge in [-0.05, 0) is 74.8 Å². The number of halogens is 3. The topological polar surface area (TPSA) is 77.2 Å². The van der Waals surface area contributed by atoms with Crippen LogP contribution in [-0.2, 0) is 5.60 Å². The molecule has 8 heteroatoms. The summed E-state index contributed by atoms with van der Waals surface area (Å²) in [6, 6.07) is 10.7. The highest BCUT2D eigenvalue weighted by molar-refractivity contribution is 5.94. The van der Waals surface area contributed by atoms with Crippen molar-refractivity contribution in [2.75, 3.05) is 6.54 Å². The molecule has 32 heavy (non-hydrogen) atoms. The van der Waals surface area contributed by atoms with Crippen LogP contribution in [0.25, 0.3) is 0 Å². The summed E-state index contributed by atoms with van der Waals surface area (Å²) in [5, 5.41) is 18.7. The molecule has 2 aromatic rings. The first-order chi connectivity index (χ1) is 15.1. The van der Waals surface area contributed by atoms with Gasteiger partial charge in [-0.3, -0.25) is 4.79 Å². The Kier molecular flexibility index (Phi) is 6.89. The molecule has 1 N–H and O–H groups in total. The molecule has 0 unspecified atom stereocenters. The van der Waals surface area contributed by atoms with Crippen molar-refractivity contribution < 1.29 is 23.1 Å². The second-order valence-corrected chi connectivity index (χ2v) is 8.33. The van der Waals surface area contributed by atoms with E-state index in [1.54, 1.807) is 17.2 Å². The standard InChI is InChI=1S/C24H26F3N3O2/c1-3-30(21-12-7-16(8-13-21)18-6-11-20(14-28)29-15-18)22(31)17-4-9-19(10-5-17)23(2,32)24(25,26)27/h4-6,9-11,15-16,21,32H,3,7-8,12-13H2,1-2H3/t16-,21-,23-/m0/s1. The van der Waals surface area contributed by atoms with E-state index in [1.807, 2.05) is 19.1 Å². The van der Waals surface area contributed by atoms with Crippen molar-refractivity contribution in [3.63, 3.8) is 0 Å². The van der Waals surface area contributed by atoms with Crippen LogP contribution in [0.15, 0.2) is 42.6 Å². The Hall–Kier alpha value is -2.92. The van der Waals surface area contributed by atoms with Crippen LogP contribution < -0.4 is 0 Å². The molecule has 1 heterocycles. The quantitative estimate of drug-likeness (QED) is 0.709. The summed E-state index contributed by atoms with van der Waals surface area (Å²) >= 11 is 0. The summed E-state index contributed by atoms with van der Waals surface area (Å²) in [6.07, 6.45) is 0.321. The van der Waals surface area contributed by atoms with Crippen molar-refractivity contribution in [1.29, 1.82) is 5.26 Å². The Morgan fingerprint density at radius 1 is 1.16 bits per heavy atom. The third-order valence-electron chi connectivity index (χ3n) is 6.36. The summed E-state index contributed by atoms with van der Waals surface area (Å²) in [7, 11) is 0. The van der Waals surface area contributed by atoms with Gasteiger partial charge in [0.05, 0.1) is 0 Å². The van der Waals surface area contributed by atoms with Gasteiger partial charge in [0, 0.05) is 24.3 Å². The van der Waals surface area contributed by atoms with Gasteiger partial charge in [0.2, 0.25) is 0 Å². The monoisotopic (exact) mass is 445 g/mol. The predicted molar refractivity (Wildman–Crippen MR) is 113 cm³/mol. The van der Waals surface area contributed by atoms with Crippen molar-refractivity contribution in [1.82, 2.24) is 9.88 Å². The van der Waals surface area contributed by atoms with E-state index in [9.17, 15) is 23.1 Å². The van der Waals surface area contributed by atoms with E-state index in [-0.39, 0.29) is 17.5 Å². The number of hydrogen-bond acceptors (Lipinski definition) is 4. The highest BCUT2D eigenvalue weighted by Gasteiger charge is 2.51. The van der Waals surface area contributed by atoms with E-state index in [0.29, 0.717) is 30.6 Å². The number of nitriles is 1. The van der Waals surface area contributed by atoms with Crippen molar-refractivity contribution >= 4 is 5.91 Å². The van der Waals surface area contributed by atoms with E-state index in [1.165, 1.54) is 12.1 Å².